The van der Waals surface area contributed by atoms with Crippen LogP contribution in [0.4, 0.5) is 0 Å². The molecule has 0 saturated heterocycles. The van der Waals surface area contributed by atoms with Crippen molar-refractivity contribution in [3.05, 3.63) is 47.3 Å². The molecule has 0 N–H and O–H groups in total. The van der Waals surface area contributed by atoms with Crippen LogP contribution in [-0.4, -0.2) is 35.3 Å². The number of rotatable bonds is 10. The van der Waals surface area contributed by atoms with Gasteiger partial charge >= 0.3 is 0 Å². The molecule has 6 nitrogen and oxygen atoms in total. The van der Waals surface area contributed by atoms with E-state index < -0.39 is 9.84 Å². The van der Waals surface area contributed by atoms with Gasteiger partial charge in [0, 0.05) is 19.0 Å². The maximum absolute atomic E-state index is 13.3. The van der Waals surface area contributed by atoms with E-state index in [0.717, 1.165) is 29.7 Å². The fraction of sp³-hybridized carbons (Fsp3) is 0.583. The van der Waals surface area contributed by atoms with Crippen LogP contribution in [0.1, 0.15) is 57.4 Å². The minimum Gasteiger partial charge on any atom is -0.336 e. The third-order valence-electron chi connectivity index (χ3n) is 5.51. The number of carbonyl (C=O) groups is 1. The molecule has 1 aromatic heterocycles. The van der Waals surface area contributed by atoms with Crippen molar-refractivity contribution < 1.29 is 13.2 Å². The average molecular weight is 446 g/mol. The smallest absolute Gasteiger partial charge is 0.228 e. The average Bonchev–Trinajstić information content (AvgIpc) is 3.44. The number of hydrogen-bond donors (Lipinski definition) is 0. The molecule has 0 unspecified atom stereocenters. The quantitative estimate of drug-likeness (QED) is 0.549. The summed E-state index contributed by atoms with van der Waals surface area (Å²) in [4.78, 5) is 19.1. The summed E-state index contributed by atoms with van der Waals surface area (Å²) in [7, 11) is -3.63. The van der Waals surface area contributed by atoms with E-state index in [1.807, 2.05) is 40.7 Å². The molecule has 1 fully saturated rings. The largest absolute Gasteiger partial charge is 0.336 e. The van der Waals surface area contributed by atoms with Crippen LogP contribution in [0.3, 0.4) is 0 Å². The highest BCUT2D eigenvalue weighted by molar-refractivity contribution is 7.90. The highest BCUT2D eigenvalue weighted by Crippen LogP contribution is 2.32. The minimum absolute atomic E-state index is 0.0784. The summed E-state index contributed by atoms with van der Waals surface area (Å²) in [5.41, 5.74) is 2.52. The molecule has 7 heteroatoms. The van der Waals surface area contributed by atoms with Gasteiger partial charge in [0.2, 0.25) is 20.9 Å². The first-order chi connectivity index (χ1) is 14.6. The van der Waals surface area contributed by atoms with Crippen LogP contribution >= 0.6 is 0 Å². The molecule has 31 heavy (non-hydrogen) atoms. The molecule has 170 valence electrons. The van der Waals surface area contributed by atoms with E-state index in [4.69, 9.17) is 0 Å². The van der Waals surface area contributed by atoms with Gasteiger partial charge in [-0.3, -0.25) is 4.79 Å². The maximum atomic E-state index is 13.3. The van der Waals surface area contributed by atoms with Crippen LogP contribution in [0.15, 0.2) is 35.6 Å². The van der Waals surface area contributed by atoms with Crippen molar-refractivity contribution >= 4 is 15.7 Å². The zero-order chi connectivity index (χ0) is 22.8. The van der Waals surface area contributed by atoms with E-state index in [-0.39, 0.29) is 28.7 Å². The molecule has 0 aliphatic heterocycles. The molecule has 2 aromatic rings. The topological polar surface area (TPSA) is 72.3 Å². The predicted molar refractivity (Wildman–Crippen MR) is 122 cm³/mol. The number of sulfone groups is 1. The van der Waals surface area contributed by atoms with Crippen LogP contribution in [0, 0.1) is 24.7 Å². The zero-order valence-electron chi connectivity index (χ0n) is 19.3. The Balaban J connectivity index is 1.93. The fourth-order valence-corrected chi connectivity index (χ4v) is 5.43. The molecule has 1 aliphatic rings. The van der Waals surface area contributed by atoms with Crippen molar-refractivity contribution in [2.45, 2.75) is 71.5 Å². The summed E-state index contributed by atoms with van der Waals surface area (Å²) in [6.45, 7) is 11.8. The first-order valence-electron chi connectivity index (χ1n) is 11.2. The van der Waals surface area contributed by atoms with Gasteiger partial charge in [0.15, 0.2) is 0 Å². The Morgan fingerprint density at radius 1 is 1.16 bits per heavy atom. The van der Waals surface area contributed by atoms with Crippen molar-refractivity contribution in [1.82, 2.24) is 14.5 Å². The Hall–Kier alpha value is -2.15. The summed E-state index contributed by atoms with van der Waals surface area (Å²) in [6.07, 6.45) is 3.55. The number of nitrogens with zero attached hydrogens (tertiary/aromatic N) is 3. The van der Waals surface area contributed by atoms with Crippen LogP contribution < -0.4 is 0 Å². The second-order valence-electron chi connectivity index (χ2n) is 9.61. The van der Waals surface area contributed by atoms with Gasteiger partial charge in [0.25, 0.3) is 0 Å². The molecular formula is C24H35N3O3S. The third kappa shape index (κ3) is 5.97. The number of aryl methyl sites for hydroxylation is 1. The molecule has 1 heterocycles. The highest BCUT2D eigenvalue weighted by atomic mass is 32.2. The Morgan fingerprint density at radius 2 is 1.84 bits per heavy atom. The Labute approximate surface area is 186 Å². The number of amides is 1. The van der Waals surface area contributed by atoms with E-state index in [2.05, 4.69) is 32.7 Å². The van der Waals surface area contributed by atoms with Crippen LogP contribution in [0.25, 0.3) is 0 Å². The highest BCUT2D eigenvalue weighted by Gasteiger charge is 2.34. The number of imidazole rings is 1. The van der Waals surface area contributed by atoms with E-state index in [0.29, 0.717) is 25.6 Å². The minimum atomic E-state index is -3.63. The lowest BCUT2D eigenvalue weighted by Gasteiger charge is -2.26. The third-order valence-corrected chi connectivity index (χ3v) is 7.08. The van der Waals surface area contributed by atoms with Crippen LogP contribution in [-0.2, 0) is 33.5 Å². The molecule has 1 amide bonds. The van der Waals surface area contributed by atoms with Crippen LogP contribution in [0.2, 0.25) is 0 Å². The Kier molecular flexibility index (Phi) is 7.24. The van der Waals surface area contributed by atoms with E-state index in [1.165, 1.54) is 0 Å². The van der Waals surface area contributed by atoms with Gasteiger partial charge in [0.1, 0.15) is 0 Å². The first kappa shape index (κ1) is 23.5. The van der Waals surface area contributed by atoms with Crippen LogP contribution in [0.5, 0.6) is 0 Å². The van der Waals surface area contributed by atoms with E-state index >= 15 is 0 Å². The molecule has 1 saturated carbocycles. The second-order valence-corrected chi connectivity index (χ2v) is 11.5. The van der Waals surface area contributed by atoms with Crippen molar-refractivity contribution in [1.29, 1.82) is 0 Å². The lowest BCUT2D eigenvalue weighted by atomic mass is 10.1. The predicted octanol–water partition coefficient (Wildman–Crippen LogP) is 4.22. The molecule has 1 aliphatic carbocycles. The molecule has 0 radical (unpaired) electrons. The summed E-state index contributed by atoms with van der Waals surface area (Å²) in [5.74, 6) is 0.816. The lowest BCUT2D eigenvalue weighted by molar-refractivity contribution is -0.133. The monoisotopic (exact) mass is 445 g/mol. The molecular weight excluding hydrogens is 410 g/mol. The molecule has 1 aromatic carbocycles. The first-order valence-corrected chi connectivity index (χ1v) is 12.8. The Bertz CT molecular complexity index is 1020. The van der Waals surface area contributed by atoms with Gasteiger partial charge in [0.05, 0.1) is 24.2 Å². The number of hydrogen-bond acceptors (Lipinski definition) is 4. The number of carbonyl (C=O) groups excluding carboxylic acids is 1. The van der Waals surface area contributed by atoms with Crippen molar-refractivity contribution in [2.24, 2.45) is 17.8 Å². The van der Waals surface area contributed by atoms with Gasteiger partial charge in [-0.05, 0) is 42.7 Å². The lowest BCUT2D eigenvalue weighted by Crippen LogP contribution is -2.35. The number of benzene rings is 1. The summed E-state index contributed by atoms with van der Waals surface area (Å²) in [5, 5.41) is 0.0998. The molecule has 0 atom stereocenters. The summed E-state index contributed by atoms with van der Waals surface area (Å²) < 4.78 is 28.5. The van der Waals surface area contributed by atoms with E-state index in [1.54, 1.807) is 6.20 Å². The summed E-state index contributed by atoms with van der Waals surface area (Å²) >= 11 is 0. The van der Waals surface area contributed by atoms with Crippen molar-refractivity contribution in [3.8, 4) is 0 Å². The molecule has 3 rings (SSSR count). The van der Waals surface area contributed by atoms with Gasteiger partial charge < -0.3 is 9.47 Å². The van der Waals surface area contributed by atoms with Gasteiger partial charge in [-0.1, -0.05) is 52.0 Å². The fourth-order valence-electron chi connectivity index (χ4n) is 3.83. The summed E-state index contributed by atoms with van der Waals surface area (Å²) in [6, 6.07) is 7.53. The standard InChI is InChI=1S/C24H35N3O3S/c1-17(2)13-26(23(28)20-10-11-20)15-22-12-25-24(27(22)14-18(3)4)31(29,30)16-21-9-7-6-8-19(21)5/h6-9,12,17-18,20H,10-11,13-16H2,1-5H3. The van der Waals surface area contributed by atoms with Gasteiger partial charge in [-0.15, -0.1) is 0 Å². The van der Waals surface area contributed by atoms with E-state index in [9.17, 15) is 13.2 Å². The van der Waals surface area contributed by atoms with Gasteiger partial charge in [-0.25, -0.2) is 13.4 Å². The zero-order valence-corrected chi connectivity index (χ0v) is 20.2. The normalized spacial score (nSPS) is 14.4. The molecule has 0 bridgehead atoms. The second kappa shape index (κ2) is 9.55. The van der Waals surface area contributed by atoms with Gasteiger partial charge in [-0.2, -0.15) is 0 Å². The maximum Gasteiger partial charge on any atom is 0.228 e. The SMILES string of the molecule is Cc1ccccc1CS(=O)(=O)c1ncc(CN(CC(C)C)C(=O)C2CC2)n1CC(C)C. The van der Waals surface area contributed by atoms with Crippen molar-refractivity contribution in [3.63, 3.8) is 0 Å². The van der Waals surface area contributed by atoms with Crippen molar-refractivity contribution in [2.75, 3.05) is 6.54 Å². The molecule has 0 spiro atoms. The number of aromatic nitrogens is 2. The Morgan fingerprint density at radius 3 is 2.42 bits per heavy atom.